The number of alkyl halides is 1. The van der Waals surface area contributed by atoms with Crippen LogP contribution in [0.4, 0.5) is 8.78 Å². The lowest BCUT2D eigenvalue weighted by atomic mass is 9.92. The lowest BCUT2D eigenvalue weighted by molar-refractivity contribution is -0.108. The van der Waals surface area contributed by atoms with E-state index in [1.807, 2.05) is 0 Å². The Morgan fingerprint density at radius 3 is 2.92 bits per heavy atom. The molecule has 1 aliphatic rings. The molecule has 0 radical (unpaired) electrons. The third kappa shape index (κ3) is 1.81. The van der Waals surface area contributed by atoms with Crippen LogP contribution in [0.15, 0.2) is 24.1 Å². The summed E-state index contributed by atoms with van der Waals surface area (Å²) in [6, 6.07) is 1.21. The fourth-order valence-corrected chi connectivity index (χ4v) is 1.05. The summed E-state index contributed by atoms with van der Waals surface area (Å²) in [6.07, 6.45) is 3.84. The van der Waals surface area contributed by atoms with Gasteiger partial charge in [-0.3, -0.25) is 0 Å². The summed E-state index contributed by atoms with van der Waals surface area (Å²) >= 11 is 0. The molecule has 0 aliphatic heterocycles. The smallest absolute Gasteiger partial charge is 0.264 e. The maximum Gasteiger partial charge on any atom is 0.264 e. The second-order valence-electron chi connectivity index (χ2n) is 2.76. The molecule has 0 aromatic rings. The summed E-state index contributed by atoms with van der Waals surface area (Å²) in [5.41, 5.74) is -2.64. The van der Waals surface area contributed by atoms with E-state index in [4.69, 9.17) is 5.26 Å². The minimum Gasteiger partial charge on any atom is -0.303 e. The summed E-state index contributed by atoms with van der Waals surface area (Å²) in [6.45, 7) is 0. The van der Waals surface area contributed by atoms with Crippen LogP contribution in [0, 0.1) is 17.2 Å². The Morgan fingerprint density at radius 2 is 2.46 bits per heavy atom. The van der Waals surface area contributed by atoms with Gasteiger partial charge in [-0.1, -0.05) is 6.08 Å². The van der Waals surface area contributed by atoms with E-state index in [0.717, 1.165) is 12.2 Å². The quantitative estimate of drug-likeness (QED) is 0.484. The lowest BCUT2D eigenvalue weighted by Gasteiger charge is -2.17. The summed E-state index contributed by atoms with van der Waals surface area (Å²) in [4.78, 5) is 10.1. The topological polar surface area (TPSA) is 40.9 Å². The van der Waals surface area contributed by atoms with Gasteiger partial charge >= 0.3 is 0 Å². The van der Waals surface area contributed by atoms with Crippen LogP contribution >= 0.6 is 0 Å². The van der Waals surface area contributed by atoms with Gasteiger partial charge in [-0.2, -0.15) is 5.26 Å². The van der Waals surface area contributed by atoms with E-state index in [1.165, 1.54) is 12.1 Å². The van der Waals surface area contributed by atoms with E-state index in [2.05, 4.69) is 0 Å². The molecule has 2 nitrogen and oxygen atoms in total. The van der Waals surface area contributed by atoms with Crippen molar-refractivity contribution in [2.45, 2.75) is 12.1 Å². The van der Waals surface area contributed by atoms with Crippen molar-refractivity contribution in [2.24, 2.45) is 5.92 Å². The molecule has 0 heterocycles. The average Bonchev–Trinajstić information content (AvgIpc) is 2.12. The Kier molecular flexibility index (Phi) is 2.57. The molecule has 0 saturated heterocycles. The number of carbonyl (C=O) groups excluding carboxylic acids is 1. The first-order chi connectivity index (χ1) is 6.12. The fourth-order valence-electron chi connectivity index (χ4n) is 1.05. The standard InChI is InChI=1S/C9H7F2NO/c10-8-5-7(2-4-13)1-3-9(8,11)6-12/h1,3-5,7H,2H2. The monoisotopic (exact) mass is 183 g/mol. The first-order valence-corrected chi connectivity index (χ1v) is 3.73. The van der Waals surface area contributed by atoms with Crippen LogP contribution in [0.5, 0.6) is 0 Å². The molecule has 13 heavy (non-hydrogen) atoms. The van der Waals surface area contributed by atoms with Gasteiger partial charge in [-0.15, -0.1) is 0 Å². The second-order valence-corrected chi connectivity index (χ2v) is 2.76. The summed E-state index contributed by atoms with van der Waals surface area (Å²) in [5, 5.41) is 8.31. The number of aldehydes is 1. The van der Waals surface area contributed by atoms with Crippen LogP contribution in [0.2, 0.25) is 0 Å². The number of allylic oxidation sites excluding steroid dienone is 4. The number of nitriles is 1. The van der Waals surface area contributed by atoms with Gasteiger partial charge in [0.2, 0.25) is 0 Å². The first-order valence-electron chi connectivity index (χ1n) is 3.73. The van der Waals surface area contributed by atoms with Crippen molar-refractivity contribution < 1.29 is 13.6 Å². The summed E-state index contributed by atoms with van der Waals surface area (Å²) in [5.74, 6) is -1.57. The van der Waals surface area contributed by atoms with Crippen LogP contribution in [-0.4, -0.2) is 12.0 Å². The maximum atomic E-state index is 13.1. The van der Waals surface area contributed by atoms with Crippen LogP contribution in [0.3, 0.4) is 0 Å². The van der Waals surface area contributed by atoms with Crippen molar-refractivity contribution >= 4 is 6.29 Å². The van der Waals surface area contributed by atoms with E-state index in [9.17, 15) is 13.6 Å². The van der Waals surface area contributed by atoms with Gasteiger partial charge in [0, 0.05) is 12.3 Å². The molecule has 0 aromatic heterocycles. The molecule has 0 spiro atoms. The number of rotatable bonds is 2. The predicted molar refractivity (Wildman–Crippen MR) is 42.0 cm³/mol. The zero-order valence-electron chi connectivity index (χ0n) is 6.71. The third-order valence-electron chi connectivity index (χ3n) is 1.81. The normalized spacial score (nSPS) is 32.1. The number of carbonyl (C=O) groups is 1. The van der Waals surface area contributed by atoms with Crippen molar-refractivity contribution in [1.29, 1.82) is 5.26 Å². The van der Waals surface area contributed by atoms with E-state index < -0.39 is 17.4 Å². The molecule has 68 valence electrons. The summed E-state index contributed by atoms with van der Waals surface area (Å²) < 4.78 is 26.0. The van der Waals surface area contributed by atoms with E-state index in [0.29, 0.717) is 6.29 Å². The molecule has 0 amide bonds. The molecule has 4 heteroatoms. The molecule has 1 aliphatic carbocycles. The minimum atomic E-state index is -2.64. The molecule has 0 bridgehead atoms. The maximum absolute atomic E-state index is 13.1. The van der Waals surface area contributed by atoms with Crippen molar-refractivity contribution in [3.05, 3.63) is 24.1 Å². The molecule has 0 fully saturated rings. The Hall–Kier alpha value is -1.50. The molecule has 2 atom stereocenters. The molecular weight excluding hydrogens is 176 g/mol. The largest absolute Gasteiger partial charge is 0.303 e. The van der Waals surface area contributed by atoms with Crippen LogP contribution < -0.4 is 0 Å². The highest BCUT2D eigenvalue weighted by molar-refractivity contribution is 5.52. The zero-order chi connectivity index (χ0) is 9.90. The minimum absolute atomic E-state index is 0.103. The lowest BCUT2D eigenvalue weighted by Crippen LogP contribution is -2.22. The molecule has 1 rings (SSSR count). The molecule has 0 saturated carbocycles. The van der Waals surface area contributed by atoms with E-state index in [1.54, 1.807) is 0 Å². The number of hydrogen-bond acceptors (Lipinski definition) is 2. The molecule has 0 aromatic carbocycles. The van der Waals surface area contributed by atoms with Gasteiger partial charge in [0.15, 0.2) is 5.83 Å². The fraction of sp³-hybridized carbons (Fsp3) is 0.333. The van der Waals surface area contributed by atoms with Crippen molar-refractivity contribution in [3.8, 4) is 6.07 Å². The molecular formula is C9H7F2NO. The van der Waals surface area contributed by atoms with Crippen LogP contribution in [-0.2, 0) is 4.79 Å². The highest BCUT2D eigenvalue weighted by Gasteiger charge is 2.35. The van der Waals surface area contributed by atoms with Crippen LogP contribution in [0.1, 0.15) is 6.42 Å². The third-order valence-corrected chi connectivity index (χ3v) is 1.81. The van der Waals surface area contributed by atoms with Gasteiger partial charge in [-0.05, 0) is 12.2 Å². The Bertz CT molecular complexity index is 316. The Morgan fingerprint density at radius 1 is 1.77 bits per heavy atom. The van der Waals surface area contributed by atoms with Gasteiger partial charge in [-0.25, -0.2) is 8.78 Å². The van der Waals surface area contributed by atoms with Gasteiger partial charge < -0.3 is 4.79 Å². The number of nitrogens with zero attached hydrogens (tertiary/aromatic N) is 1. The zero-order valence-corrected chi connectivity index (χ0v) is 6.71. The highest BCUT2D eigenvalue weighted by atomic mass is 19.2. The van der Waals surface area contributed by atoms with Gasteiger partial charge in [0.05, 0.1) is 0 Å². The molecule has 2 unspecified atom stereocenters. The second kappa shape index (κ2) is 3.48. The Labute approximate surface area is 74.2 Å². The number of hydrogen-bond donors (Lipinski definition) is 0. The predicted octanol–water partition coefficient (Wildman–Crippen LogP) is 1.85. The Balaban J connectivity index is 2.86. The van der Waals surface area contributed by atoms with Crippen LogP contribution in [0.25, 0.3) is 0 Å². The van der Waals surface area contributed by atoms with Gasteiger partial charge in [0.25, 0.3) is 5.67 Å². The van der Waals surface area contributed by atoms with E-state index >= 15 is 0 Å². The number of halogens is 2. The average molecular weight is 183 g/mol. The first kappa shape index (κ1) is 9.59. The van der Waals surface area contributed by atoms with Gasteiger partial charge in [0.1, 0.15) is 12.4 Å². The highest BCUT2D eigenvalue weighted by Crippen LogP contribution is 2.31. The van der Waals surface area contributed by atoms with Crippen molar-refractivity contribution in [2.75, 3.05) is 0 Å². The molecule has 0 N–H and O–H groups in total. The van der Waals surface area contributed by atoms with Crippen molar-refractivity contribution in [1.82, 2.24) is 0 Å². The summed E-state index contributed by atoms with van der Waals surface area (Å²) in [7, 11) is 0. The van der Waals surface area contributed by atoms with E-state index in [-0.39, 0.29) is 6.42 Å². The van der Waals surface area contributed by atoms with Crippen molar-refractivity contribution in [3.63, 3.8) is 0 Å². The SMILES string of the molecule is N#CC1(F)C=CC(CC=O)C=C1F.